The minimum atomic E-state index is -1.16. The van der Waals surface area contributed by atoms with Crippen LogP contribution in [-0.2, 0) is 4.79 Å². The molecule has 17 heavy (non-hydrogen) atoms. The average molecular weight is 254 g/mol. The third-order valence-corrected chi connectivity index (χ3v) is 3.86. The lowest BCUT2D eigenvalue weighted by Gasteiger charge is -2.35. The summed E-state index contributed by atoms with van der Waals surface area (Å²) in [6, 6.07) is 6.63. The van der Waals surface area contributed by atoms with Crippen molar-refractivity contribution in [2.45, 2.75) is 31.8 Å². The normalized spacial score (nSPS) is 20.1. The molecule has 1 atom stereocenters. The van der Waals surface area contributed by atoms with Crippen LogP contribution < -0.4 is 5.11 Å². The summed E-state index contributed by atoms with van der Waals surface area (Å²) < 4.78 is 0. The van der Waals surface area contributed by atoms with E-state index in [-0.39, 0.29) is 0 Å². The van der Waals surface area contributed by atoms with Gasteiger partial charge in [-0.05, 0) is 30.5 Å². The summed E-state index contributed by atoms with van der Waals surface area (Å²) in [5.74, 6) is -1.16. The molecule has 2 rings (SSSR count). The molecule has 0 amide bonds. The van der Waals surface area contributed by atoms with Crippen LogP contribution in [0.4, 0.5) is 0 Å². The fourth-order valence-corrected chi connectivity index (χ4v) is 2.69. The van der Waals surface area contributed by atoms with Crippen molar-refractivity contribution in [3.63, 3.8) is 0 Å². The average Bonchev–Trinajstić information content (AvgIpc) is 2.79. The number of halogens is 1. The maximum Gasteiger partial charge on any atom is 0.0898 e. The topological polar surface area (TPSA) is 60.4 Å². The fourth-order valence-electron chi connectivity index (χ4n) is 2.56. The molecule has 0 heterocycles. The van der Waals surface area contributed by atoms with Gasteiger partial charge in [-0.3, -0.25) is 0 Å². The Kier molecular flexibility index (Phi) is 3.40. The Morgan fingerprint density at radius 1 is 1.29 bits per heavy atom. The van der Waals surface area contributed by atoms with Crippen molar-refractivity contribution in [2.24, 2.45) is 5.41 Å². The number of benzene rings is 1. The predicted octanol–water partition coefficient (Wildman–Crippen LogP) is 1.68. The van der Waals surface area contributed by atoms with E-state index in [1.54, 1.807) is 24.3 Å². The van der Waals surface area contributed by atoms with Gasteiger partial charge in [0.05, 0.1) is 12.1 Å². The zero-order valence-electron chi connectivity index (χ0n) is 9.36. The Balaban J connectivity index is 2.31. The molecule has 0 unspecified atom stereocenters. The number of carbonyl (C=O) groups excluding carboxylic acids is 1. The number of carbonyl (C=O) groups is 1. The minimum Gasteiger partial charge on any atom is -0.549 e. The molecule has 0 spiro atoms. The van der Waals surface area contributed by atoms with E-state index in [4.69, 9.17) is 11.6 Å². The molecule has 1 aromatic rings. The molecule has 0 bridgehead atoms. The zero-order chi connectivity index (χ0) is 12.5. The van der Waals surface area contributed by atoms with Crippen LogP contribution in [0.5, 0.6) is 0 Å². The Morgan fingerprint density at radius 3 is 2.29 bits per heavy atom. The third-order valence-electron chi connectivity index (χ3n) is 3.61. The molecule has 1 N–H and O–H groups in total. The van der Waals surface area contributed by atoms with Gasteiger partial charge in [-0.2, -0.15) is 0 Å². The molecular formula is C13H14ClO3-. The number of hydrogen-bond acceptors (Lipinski definition) is 3. The van der Waals surface area contributed by atoms with Crippen molar-refractivity contribution >= 4 is 17.6 Å². The van der Waals surface area contributed by atoms with E-state index < -0.39 is 17.5 Å². The summed E-state index contributed by atoms with van der Waals surface area (Å²) in [5, 5.41) is 22.1. The SMILES string of the molecule is O=C([O-])C1([C@@H](O)c2ccc(Cl)cc2)CCCC1. The summed E-state index contributed by atoms with van der Waals surface area (Å²) in [5.41, 5.74) is -0.547. The Morgan fingerprint density at radius 2 is 1.82 bits per heavy atom. The standard InChI is InChI=1S/C13H15ClO3/c14-10-5-3-9(4-6-10)11(15)13(12(16)17)7-1-2-8-13/h3-6,11,15H,1-2,7-8H2,(H,16,17)/p-1/t11-/m0/s1. The van der Waals surface area contributed by atoms with Crippen LogP contribution in [0.2, 0.25) is 5.02 Å². The van der Waals surface area contributed by atoms with Crippen LogP contribution in [-0.4, -0.2) is 11.1 Å². The third kappa shape index (κ3) is 2.17. The van der Waals surface area contributed by atoms with E-state index in [1.165, 1.54) is 0 Å². The van der Waals surface area contributed by atoms with Crippen LogP contribution in [0, 0.1) is 5.41 Å². The van der Waals surface area contributed by atoms with E-state index >= 15 is 0 Å². The second-order valence-corrected chi connectivity index (χ2v) is 5.04. The van der Waals surface area contributed by atoms with E-state index in [0.29, 0.717) is 23.4 Å². The molecule has 1 aromatic carbocycles. The van der Waals surface area contributed by atoms with Crippen molar-refractivity contribution in [3.05, 3.63) is 34.9 Å². The first-order chi connectivity index (χ1) is 8.06. The molecule has 3 nitrogen and oxygen atoms in total. The molecule has 1 aliphatic rings. The second kappa shape index (κ2) is 4.67. The van der Waals surface area contributed by atoms with E-state index in [1.807, 2.05) is 0 Å². The molecule has 0 saturated heterocycles. The maximum absolute atomic E-state index is 11.3. The summed E-state index contributed by atoms with van der Waals surface area (Å²) in [6.07, 6.45) is 1.56. The quantitative estimate of drug-likeness (QED) is 0.892. The van der Waals surface area contributed by atoms with Crippen LogP contribution >= 0.6 is 11.6 Å². The lowest BCUT2D eigenvalue weighted by atomic mass is 9.77. The van der Waals surface area contributed by atoms with Crippen LogP contribution in [0.1, 0.15) is 37.4 Å². The van der Waals surface area contributed by atoms with Gasteiger partial charge >= 0.3 is 0 Å². The van der Waals surface area contributed by atoms with Gasteiger partial charge in [0.25, 0.3) is 0 Å². The van der Waals surface area contributed by atoms with Crippen LogP contribution in [0.3, 0.4) is 0 Å². The highest BCUT2D eigenvalue weighted by molar-refractivity contribution is 6.30. The van der Waals surface area contributed by atoms with E-state index in [9.17, 15) is 15.0 Å². The monoisotopic (exact) mass is 253 g/mol. The maximum atomic E-state index is 11.3. The van der Waals surface area contributed by atoms with Gasteiger partial charge in [-0.1, -0.05) is 36.6 Å². The number of rotatable bonds is 3. The predicted molar refractivity (Wildman–Crippen MR) is 62.3 cm³/mol. The first-order valence-corrected chi connectivity index (χ1v) is 6.09. The first-order valence-electron chi connectivity index (χ1n) is 5.71. The number of hydrogen-bond donors (Lipinski definition) is 1. The molecule has 1 fully saturated rings. The van der Waals surface area contributed by atoms with Crippen LogP contribution in [0.15, 0.2) is 24.3 Å². The molecule has 0 aliphatic heterocycles. The number of aliphatic carboxylic acids is 1. The minimum absolute atomic E-state index is 0.471. The van der Waals surface area contributed by atoms with E-state index in [0.717, 1.165) is 12.8 Å². The summed E-state index contributed by atoms with van der Waals surface area (Å²) in [7, 11) is 0. The van der Waals surface area contributed by atoms with Gasteiger partial charge in [0, 0.05) is 10.4 Å². The smallest absolute Gasteiger partial charge is 0.0898 e. The molecule has 1 aliphatic carbocycles. The van der Waals surface area contributed by atoms with Crippen LogP contribution in [0.25, 0.3) is 0 Å². The Bertz CT molecular complexity index is 407. The zero-order valence-corrected chi connectivity index (χ0v) is 10.1. The summed E-state index contributed by atoms with van der Waals surface area (Å²) in [4.78, 5) is 11.3. The molecule has 0 radical (unpaired) electrons. The number of aliphatic hydroxyl groups excluding tert-OH is 1. The number of carboxylic acids is 1. The van der Waals surface area contributed by atoms with Crippen molar-refractivity contribution < 1.29 is 15.0 Å². The Hall–Kier alpha value is -1.06. The van der Waals surface area contributed by atoms with Crippen molar-refractivity contribution in [1.82, 2.24) is 0 Å². The first kappa shape index (κ1) is 12.4. The Labute approximate surface area is 105 Å². The fraction of sp³-hybridized carbons (Fsp3) is 0.462. The molecule has 92 valence electrons. The highest BCUT2D eigenvalue weighted by atomic mass is 35.5. The van der Waals surface area contributed by atoms with Gasteiger partial charge in [0.1, 0.15) is 0 Å². The molecule has 1 saturated carbocycles. The highest BCUT2D eigenvalue weighted by Crippen LogP contribution is 2.47. The lowest BCUT2D eigenvalue weighted by molar-refractivity contribution is -0.324. The lowest BCUT2D eigenvalue weighted by Crippen LogP contribution is -2.44. The second-order valence-electron chi connectivity index (χ2n) is 4.60. The molecule has 0 aromatic heterocycles. The van der Waals surface area contributed by atoms with Gasteiger partial charge in [0.15, 0.2) is 0 Å². The van der Waals surface area contributed by atoms with Crippen molar-refractivity contribution in [3.8, 4) is 0 Å². The summed E-state index contributed by atoms with van der Waals surface area (Å²) >= 11 is 5.76. The highest BCUT2D eigenvalue weighted by Gasteiger charge is 2.42. The molecular weight excluding hydrogens is 240 g/mol. The van der Waals surface area contributed by atoms with Crippen molar-refractivity contribution in [1.29, 1.82) is 0 Å². The van der Waals surface area contributed by atoms with Gasteiger partial charge in [-0.25, -0.2) is 0 Å². The number of aliphatic hydroxyl groups is 1. The molecule has 4 heteroatoms. The van der Waals surface area contributed by atoms with Gasteiger partial charge in [0.2, 0.25) is 0 Å². The van der Waals surface area contributed by atoms with Gasteiger partial charge in [-0.15, -0.1) is 0 Å². The van der Waals surface area contributed by atoms with Gasteiger partial charge < -0.3 is 15.0 Å². The largest absolute Gasteiger partial charge is 0.549 e. The number of carboxylic acid groups (broad SMARTS) is 1. The van der Waals surface area contributed by atoms with E-state index in [2.05, 4.69) is 0 Å². The van der Waals surface area contributed by atoms with Crippen molar-refractivity contribution in [2.75, 3.05) is 0 Å². The summed E-state index contributed by atoms with van der Waals surface area (Å²) in [6.45, 7) is 0.